The van der Waals surface area contributed by atoms with E-state index in [1.54, 1.807) is 32.1 Å². The molecule has 7 rings (SSSR count). The topological polar surface area (TPSA) is 0 Å². The van der Waals surface area contributed by atoms with E-state index < -0.39 is 0 Å². The Bertz CT molecular complexity index is 308. The van der Waals surface area contributed by atoms with Gasteiger partial charge in [0.2, 0.25) is 0 Å². The molecule has 6 unspecified atom stereocenters. The van der Waals surface area contributed by atoms with Crippen LogP contribution in [-0.2, 0) is 0 Å². The van der Waals surface area contributed by atoms with Crippen molar-refractivity contribution in [3.8, 4) is 0 Å². The zero-order chi connectivity index (χ0) is 8.65. The van der Waals surface area contributed by atoms with Crippen LogP contribution >= 0.6 is 0 Å². The molecule has 0 heterocycles. The van der Waals surface area contributed by atoms with Gasteiger partial charge in [0.1, 0.15) is 0 Å². The third-order valence-electron chi connectivity index (χ3n) is 7.21. The molecule has 0 aromatic carbocycles. The Labute approximate surface area is 85.4 Å². The van der Waals surface area contributed by atoms with Gasteiger partial charge in [-0.25, -0.2) is 0 Å². The van der Waals surface area contributed by atoms with E-state index in [-0.39, 0.29) is 0 Å². The summed E-state index contributed by atoms with van der Waals surface area (Å²) in [5.74, 6) is 10.1. The van der Waals surface area contributed by atoms with Crippen LogP contribution in [0.5, 0.6) is 0 Å². The lowest BCUT2D eigenvalue weighted by molar-refractivity contribution is 0.00167. The van der Waals surface area contributed by atoms with Crippen molar-refractivity contribution < 1.29 is 0 Å². The molecule has 6 atom stereocenters. The van der Waals surface area contributed by atoms with Crippen LogP contribution in [0.15, 0.2) is 0 Å². The molecule has 0 heteroatoms. The average molecular weight is 186 g/mol. The third-order valence-corrected chi connectivity index (χ3v) is 7.21. The molecule has 0 aliphatic heterocycles. The Morgan fingerprint density at radius 2 is 1.21 bits per heavy atom. The Morgan fingerprint density at radius 1 is 0.714 bits per heavy atom. The molecule has 7 saturated carbocycles. The lowest BCUT2D eigenvalue weighted by Crippen LogP contribution is -2.43. The van der Waals surface area contributed by atoms with Crippen LogP contribution < -0.4 is 0 Å². The molecule has 0 aromatic rings. The summed E-state index contributed by atoms with van der Waals surface area (Å²) in [5.41, 5.74) is 0.995. The fourth-order valence-electron chi connectivity index (χ4n) is 6.91. The molecule has 0 amide bonds. The first-order valence-electron chi connectivity index (χ1n) is 6.92. The van der Waals surface area contributed by atoms with E-state index in [0.717, 1.165) is 5.41 Å². The largest absolute Gasteiger partial charge is 0.0496 e. The van der Waals surface area contributed by atoms with Gasteiger partial charge in [0, 0.05) is 0 Å². The van der Waals surface area contributed by atoms with Crippen LogP contribution in [0.4, 0.5) is 0 Å². The van der Waals surface area contributed by atoms with Crippen LogP contribution in [-0.4, -0.2) is 0 Å². The van der Waals surface area contributed by atoms with Crippen molar-refractivity contribution in [2.24, 2.45) is 52.8 Å². The molecule has 74 valence electrons. The quantitative estimate of drug-likeness (QED) is 0.590. The van der Waals surface area contributed by atoms with E-state index in [9.17, 15) is 0 Å². The van der Waals surface area contributed by atoms with Gasteiger partial charge in [0.25, 0.3) is 0 Å². The number of rotatable bonds is 1. The molecule has 0 spiro atoms. The first-order chi connectivity index (χ1) is 6.92. The Hall–Kier alpha value is 0. The number of hydrogen-bond acceptors (Lipinski definition) is 0. The van der Waals surface area contributed by atoms with Gasteiger partial charge in [-0.05, 0) is 84.9 Å². The van der Waals surface area contributed by atoms with E-state index >= 15 is 0 Å². The summed E-state index contributed by atoms with van der Waals surface area (Å²) in [6.45, 7) is 0. The summed E-state index contributed by atoms with van der Waals surface area (Å²) in [7, 11) is 0. The predicted molar refractivity (Wildman–Crippen MR) is 53.4 cm³/mol. The Balaban J connectivity index is 1.64. The zero-order valence-electron chi connectivity index (χ0n) is 8.65. The predicted octanol–water partition coefficient (Wildman–Crippen LogP) is 2.93. The second-order valence-corrected chi connectivity index (χ2v) is 7.37. The van der Waals surface area contributed by atoms with Crippen molar-refractivity contribution in [1.82, 2.24) is 0 Å². The number of hydrogen-bond donors (Lipinski definition) is 0. The van der Waals surface area contributed by atoms with Crippen LogP contribution in [0.1, 0.15) is 32.1 Å². The van der Waals surface area contributed by atoms with Gasteiger partial charge >= 0.3 is 0 Å². The molecular formula is C14H18. The highest BCUT2D eigenvalue weighted by Gasteiger charge is 2.85. The minimum atomic E-state index is 0.995. The highest BCUT2D eigenvalue weighted by Crippen LogP contribution is 2.90. The molecule has 7 aliphatic rings. The smallest absolute Gasteiger partial charge is 0.0176 e. The normalized spacial score (nSPS) is 80.1. The van der Waals surface area contributed by atoms with Gasteiger partial charge in [-0.15, -0.1) is 0 Å². The van der Waals surface area contributed by atoms with Crippen molar-refractivity contribution in [3.05, 3.63) is 0 Å². The fourth-order valence-corrected chi connectivity index (χ4v) is 6.91. The Kier molecular flexibility index (Phi) is 0.715. The van der Waals surface area contributed by atoms with Gasteiger partial charge < -0.3 is 0 Å². The molecule has 0 nitrogen and oxygen atoms in total. The summed E-state index contributed by atoms with van der Waals surface area (Å²) < 4.78 is 0. The maximum atomic E-state index is 1.68. The van der Waals surface area contributed by atoms with Crippen molar-refractivity contribution >= 4 is 0 Å². The monoisotopic (exact) mass is 186 g/mol. The van der Waals surface area contributed by atoms with Crippen molar-refractivity contribution in [2.75, 3.05) is 0 Å². The molecule has 0 aromatic heterocycles. The lowest BCUT2D eigenvalue weighted by atomic mass is 9.58. The molecule has 14 heavy (non-hydrogen) atoms. The van der Waals surface area contributed by atoms with E-state index in [4.69, 9.17) is 0 Å². The first kappa shape index (κ1) is 6.55. The highest BCUT2D eigenvalue weighted by atomic mass is 14.9. The summed E-state index contributed by atoms with van der Waals surface area (Å²) in [4.78, 5) is 0. The van der Waals surface area contributed by atoms with Crippen LogP contribution in [0.3, 0.4) is 0 Å². The third kappa shape index (κ3) is 0.447. The highest BCUT2D eigenvalue weighted by molar-refractivity contribution is 5.33. The van der Waals surface area contributed by atoms with Gasteiger partial charge in [0.15, 0.2) is 0 Å². The first-order valence-corrected chi connectivity index (χ1v) is 6.92. The fraction of sp³-hybridized carbons (Fsp3) is 1.00. The molecule has 0 saturated heterocycles. The van der Waals surface area contributed by atoms with E-state index in [2.05, 4.69) is 0 Å². The lowest BCUT2D eigenvalue weighted by Gasteiger charge is -2.46. The standard InChI is InChI=1S/C14H18/c1-2-6(1)14-10-3-7(10)13(8-4-11(8)14)9-5-12(9)14/h6-13H,1-5H2. The maximum absolute atomic E-state index is 1.68. The zero-order valence-corrected chi connectivity index (χ0v) is 8.65. The average Bonchev–Trinajstić information content (AvgIpc) is 3.00. The van der Waals surface area contributed by atoms with Crippen molar-refractivity contribution in [3.63, 3.8) is 0 Å². The summed E-state index contributed by atoms with van der Waals surface area (Å²) >= 11 is 0. The van der Waals surface area contributed by atoms with E-state index in [0.29, 0.717) is 0 Å². The minimum Gasteiger partial charge on any atom is -0.0496 e. The molecule has 0 radical (unpaired) electrons. The Morgan fingerprint density at radius 3 is 1.64 bits per heavy atom. The maximum Gasteiger partial charge on any atom is -0.0176 e. The van der Waals surface area contributed by atoms with Gasteiger partial charge in [-0.2, -0.15) is 0 Å². The summed E-state index contributed by atoms with van der Waals surface area (Å²) in [6.07, 6.45) is 8.30. The van der Waals surface area contributed by atoms with Crippen LogP contribution in [0, 0.1) is 52.8 Å². The van der Waals surface area contributed by atoms with E-state index in [1.165, 1.54) is 47.3 Å². The molecule has 7 aliphatic carbocycles. The summed E-state index contributed by atoms with van der Waals surface area (Å²) in [5, 5.41) is 0. The van der Waals surface area contributed by atoms with Gasteiger partial charge in [-0.1, -0.05) is 0 Å². The van der Waals surface area contributed by atoms with Crippen molar-refractivity contribution in [2.45, 2.75) is 32.1 Å². The SMILES string of the molecule is C1CC1C12C3CC3C(C3CC31)C1CC12. The van der Waals surface area contributed by atoms with Gasteiger partial charge in [-0.3, -0.25) is 0 Å². The molecular weight excluding hydrogens is 168 g/mol. The van der Waals surface area contributed by atoms with E-state index in [1.807, 2.05) is 0 Å². The summed E-state index contributed by atoms with van der Waals surface area (Å²) in [6, 6.07) is 0. The van der Waals surface area contributed by atoms with Crippen LogP contribution in [0.2, 0.25) is 0 Å². The molecule has 2 bridgehead atoms. The minimum absolute atomic E-state index is 0.995. The second-order valence-electron chi connectivity index (χ2n) is 7.37. The second kappa shape index (κ2) is 1.53. The van der Waals surface area contributed by atoms with Crippen LogP contribution in [0.25, 0.3) is 0 Å². The van der Waals surface area contributed by atoms with Crippen molar-refractivity contribution in [1.29, 1.82) is 0 Å². The van der Waals surface area contributed by atoms with Gasteiger partial charge in [0.05, 0.1) is 0 Å². The molecule has 0 N–H and O–H groups in total. The molecule has 7 fully saturated rings.